The number of aliphatic imine (C=N–C) groups is 1. The van der Waals surface area contributed by atoms with E-state index in [1.165, 1.54) is 6.07 Å². The number of morpholine rings is 1. The Labute approximate surface area is 183 Å². The lowest BCUT2D eigenvalue weighted by atomic mass is 10.1. The number of carbonyl (C=O) groups excluding carboxylic acids is 1. The number of nitrogens with one attached hydrogen (secondary N) is 2. The average molecular weight is 427 g/mol. The highest BCUT2D eigenvalue weighted by Crippen LogP contribution is 2.15. The van der Waals surface area contributed by atoms with E-state index in [0.717, 1.165) is 11.1 Å². The summed E-state index contributed by atoms with van der Waals surface area (Å²) in [4.78, 5) is 18.9. The molecule has 6 nitrogen and oxygen atoms in total. The molecule has 2 atom stereocenters. The van der Waals surface area contributed by atoms with E-state index in [1.807, 2.05) is 49.1 Å². The lowest BCUT2D eigenvalue weighted by Crippen LogP contribution is -2.48. The van der Waals surface area contributed by atoms with Crippen LogP contribution in [0, 0.1) is 12.7 Å². The molecule has 2 aromatic rings. The molecule has 0 radical (unpaired) electrons. The van der Waals surface area contributed by atoms with Gasteiger partial charge >= 0.3 is 0 Å². The molecule has 1 aliphatic rings. The zero-order valence-electron chi connectivity index (χ0n) is 18.6. The van der Waals surface area contributed by atoms with Crippen molar-refractivity contribution in [1.29, 1.82) is 0 Å². The predicted molar refractivity (Wildman–Crippen MR) is 121 cm³/mol. The van der Waals surface area contributed by atoms with Crippen LogP contribution in [0.15, 0.2) is 47.5 Å². The Hall–Kier alpha value is -2.93. The third-order valence-electron chi connectivity index (χ3n) is 5.27. The van der Waals surface area contributed by atoms with Crippen LogP contribution in [0.5, 0.6) is 0 Å². The minimum atomic E-state index is -0.203. The van der Waals surface area contributed by atoms with Gasteiger partial charge in [-0.1, -0.05) is 24.3 Å². The molecule has 2 unspecified atom stereocenters. The summed E-state index contributed by atoms with van der Waals surface area (Å²) in [5.41, 5.74) is 3.33. The summed E-state index contributed by atoms with van der Waals surface area (Å²) in [5, 5.41) is 6.49. The van der Waals surface area contributed by atoms with E-state index < -0.39 is 0 Å². The monoisotopic (exact) mass is 426 g/mol. The molecular formula is C24H31FN4O2. The standard InChI is InChI=1S/C24H31FN4O2/c1-16-11-20(7-10-22(16)25)13-28-24(26-4)27-12-19-5-8-21(9-6-19)23(30)29-14-17(2)31-18(3)15-29/h5-11,17-18H,12-15H2,1-4H3,(H2,26,27,28). The lowest BCUT2D eigenvalue weighted by molar-refractivity contribution is -0.0586. The molecule has 1 amide bonds. The highest BCUT2D eigenvalue weighted by atomic mass is 19.1. The zero-order valence-corrected chi connectivity index (χ0v) is 18.6. The van der Waals surface area contributed by atoms with Crippen molar-refractivity contribution in [2.45, 2.75) is 46.1 Å². The Kier molecular flexibility index (Phi) is 7.63. The number of carbonyl (C=O) groups is 1. The molecule has 0 spiro atoms. The van der Waals surface area contributed by atoms with Gasteiger partial charge in [-0.25, -0.2) is 4.39 Å². The number of nitrogens with zero attached hydrogens (tertiary/aromatic N) is 2. The summed E-state index contributed by atoms with van der Waals surface area (Å²) < 4.78 is 19.1. The average Bonchev–Trinajstić information content (AvgIpc) is 2.75. The fourth-order valence-corrected chi connectivity index (χ4v) is 3.70. The molecule has 1 fully saturated rings. The summed E-state index contributed by atoms with van der Waals surface area (Å²) in [6, 6.07) is 12.7. The van der Waals surface area contributed by atoms with E-state index in [4.69, 9.17) is 4.74 Å². The van der Waals surface area contributed by atoms with Crippen LogP contribution in [0.25, 0.3) is 0 Å². The highest BCUT2D eigenvalue weighted by Gasteiger charge is 2.26. The molecule has 31 heavy (non-hydrogen) atoms. The quantitative estimate of drug-likeness (QED) is 0.569. The number of hydrogen-bond donors (Lipinski definition) is 2. The molecular weight excluding hydrogens is 395 g/mol. The van der Waals surface area contributed by atoms with Gasteiger partial charge in [0.25, 0.3) is 5.91 Å². The van der Waals surface area contributed by atoms with Crippen LogP contribution in [0.4, 0.5) is 4.39 Å². The summed E-state index contributed by atoms with van der Waals surface area (Å²) in [6.07, 6.45) is 0.100. The molecule has 0 aromatic heterocycles. The van der Waals surface area contributed by atoms with Gasteiger partial charge in [-0.05, 0) is 55.7 Å². The molecule has 0 bridgehead atoms. The number of benzene rings is 2. The Morgan fingerprint density at radius 2 is 1.65 bits per heavy atom. The molecule has 2 aromatic carbocycles. The van der Waals surface area contributed by atoms with Gasteiger partial charge in [0.1, 0.15) is 5.82 Å². The van der Waals surface area contributed by atoms with Crippen molar-refractivity contribution in [1.82, 2.24) is 15.5 Å². The molecule has 1 aliphatic heterocycles. The molecule has 7 heteroatoms. The second kappa shape index (κ2) is 10.4. The van der Waals surface area contributed by atoms with Crippen molar-refractivity contribution in [2.24, 2.45) is 4.99 Å². The normalized spacial score (nSPS) is 19.3. The van der Waals surface area contributed by atoms with Crippen LogP contribution in [0.3, 0.4) is 0 Å². The van der Waals surface area contributed by atoms with Crippen molar-refractivity contribution >= 4 is 11.9 Å². The van der Waals surface area contributed by atoms with Crippen LogP contribution in [-0.2, 0) is 17.8 Å². The summed E-state index contributed by atoms with van der Waals surface area (Å²) in [5.74, 6) is 0.484. The van der Waals surface area contributed by atoms with E-state index in [2.05, 4.69) is 15.6 Å². The first-order chi connectivity index (χ1) is 14.9. The first-order valence-corrected chi connectivity index (χ1v) is 10.6. The first kappa shape index (κ1) is 22.7. The first-order valence-electron chi connectivity index (χ1n) is 10.6. The number of amides is 1. The van der Waals surface area contributed by atoms with Crippen LogP contribution in [0.1, 0.15) is 40.9 Å². The van der Waals surface area contributed by atoms with Crippen molar-refractivity contribution in [2.75, 3.05) is 20.1 Å². The maximum absolute atomic E-state index is 13.4. The molecule has 1 saturated heterocycles. The number of guanidine groups is 1. The van der Waals surface area contributed by atoms with Gasteiger partial charge in [-0.15, -0.1) is 0 Å². The summed E-state index contributed by atoms with van der Waals surface area (Å²) in [6.45, 7) is 8.07. The van der Waals surface area contributed by atoms with Gasteiger partial charge in [0, 0.05) is 38.8 Å². The number of rotatable bonds is 5. The lowest BCUT2D eigenvalue weighted by Gasteiger charge is -2.35. The number of halogens is 1. The van der Waals surface area contributed by atoms with E-state index in [1.54, 1.807) is 20.0 Å². The van der Waals surface area contributed by atoms with Gasteiger partial charge in [0.05, 0.1) is 12.2 Å². The highest BCUT2D eigenvalue weighted by molar-refractivity contribution is 5.94. The Bertz CT molecular complexity index is 920. The third-order valence-corrected chi connectivity index (χ3v) is 5.27. The topological polar surface area (TPSA) is 66.0 Å². The smallest absolute Gasteiger partial charge is 0.254 e. The fraction of sp³-hybridized carbons (Fsp3) is 0.417. The molecule has 0 aliphatic carbocycles. The number of hydrogen-bond acceptors (Lipinski definition) is 3. The largest absolute Gasteiger partial charge is 0.372 e. The van der Waals surface area contributed by atoms with Gasteiger partial charge in [-0.3, -0.25) is 9.79 Å². The van der Waals surface area contributed by atoms with E-state index in [0.29, 0.717) is 43.3 Å². The van der Waals surface area contributed by atoms with Gasteiger partial charge in [-0.2, -0.15) is 0 Å². The maximum atomic E-state index is 13.4. The van der Waals surface area contributed by atoms with Crippen molar-refractivity contribution < 1.29 is 13.9 Å². The van der Waals surface area contributed by atoms with Crippen LogP contribution in [0.2, 0.25) is 0 Å². The van der Waals surface area contributed by atoms with Crippen LogP contribution in [-0.4, -0.2) is 49.1 Å². The third kappa shape index (κ3) is 6.28. The summed E-state index contributed by atoms with van der Waals surface area (Å²) in [7, 11) is 1.71. The van der Waals surface area contributed by atoms with E-state index >= 15 is 0 Å². The van der Waals surface area contributed by atoms with Crippen LogP contribution < -0.4 is 10.6 Å². The maximum Gasteiger partial charge on any atom is 0.254 e. The predicted octanol–water partition coefficient (Wildman–Crippen LogP) is 3.25. The molecule has 166 valence electrons. The SMILES string of the molecule is CN=C(NCc1ccc(C(=O)N2CC(C)OC(C)C2)cc1)NCc1ccc(F)c(C)c1. The van der Waals surface area contributed by atoms with E-state index in [-0.39, 0.29) is 23.9 Å². The van der Waals surface area contributed by atoms with Gasteiger partial charge in [0.15, 0.2) is 5.96 Å². The Balaban J connectivity index is 1.51. The second-order valence-corrected chi connectivity index (χ2v) is 8.03. The minimum absolute atomic E-state index is 0.0357. The van der Waals surface area contributed by atoms with Gasteiger partial charge in [0.2, 0.25) is 0 Å². The van der Waals surface area contributed by atoms with Gasteiger partial charge < -0.3 is 20.3 Å². The Morgan fingerprint density at radius 1 is 1.06 bits per heavy atom. The minimum Gasteiger partial charge on any atom is -0.372 e. The van der Waals surface area contributed by atoms with E-state index in [9.17, 15) is 9.18 Å². The molecule has 0 saturated carbocycles. The second-order valence-electron chi connectivity index (χ2n) is 8.03. The van der Waals surface area contributed by atoms with Crippen LogP contribution >= 0.6 is 0 Å². The number of ether oxygens (including phenoxy) is 1. The fourth-order valence-electron chi connectivity index (χ4n) is 3.70. The molecule has 3 rings (SSSR count). The van der Waals surface area contributed by atoms with Crippen molar-refractivity contribution in [3.8, 4) is 0 Å². The molecule has 2 N–H and O–H groups in total. The molecule has 1 heterocycles. The Morgan fingerprint density at radius 3 is 2.23 bits per heavy atom. The summed E-state index contributed by atoms with van der Waals surface area (Å²) >= 11 is 0. The number of aryl methyl sites for hydroxylation is 1. The van der Waals surface area contributed by atoms with Crippen molar-refractivity contribution in [3.63, 3.8) is 0 Å². The zero-order chi connectivity index (χ0) is 22.4. The van der Waals surface area contributed by atoms with Crippen molar-refractivity contribution in [3.05, 3.63) is 70.5 Å².